The number of piperazine rings is 1. The standard InChI is InChI=1S/C15H24N2O5S/c1-15(2)11(12(15)14(19)20)13(18)17-6-4-16(5-7-17)10-3-8-23(21,22)9-10/h10-12H,3-9H2,1-2H3,(H,19,20)/t10-,11+,12-/m1/s1. The van der Waals surface area contributed by atoms with E-state index in [0.29, 0.717) is 32.6 Å². The molecule has 0 aromatic heterocycles. The van der Waals surface area contributed by atoms with Crippen molar-refractivity contribution in [2.75, 3.05) is 37.7 Å². The Balaban J connectivity index is 1.56. The van der Waals surface area contributed by atoms with Gasteiger partial charge in [-0.3, -0.25) is 14.5 Å². The Morgan fingerprint density at radius 1 is 1.09 bits per heavy atom. The van der Waals surface area contributed by atoms with Gasteiger partial charge >= 0.3 is 5.97 Å². The van der Waals surface area contributed by atoms with Crippen LogP contribution in [0.5, 0.6) is 0 Å². The summed E-state index contributed by atoms with van der Waals surface area (Å²) in [6.45, 7) is 6.08. The molecule has 1 saturated carbocycles. The Kier molecular flexibility index (Phi) is 3.95. The van der Waals surface area contributed by atoms with E-state index in [4.69, 9.17) is 0 Å². The predicted molar refractivity (Wildman–Crippen MR) is 83.6 cm³/mol. The molecular weight excluding hydrogens is 320 g/mol. The van der Waals surface area contributed by atoms with Crippen molar-refractivity contribution in [2.45, 2.75) is 26.3 Å². The summed E-state index contributed by atoms with van der Waals surface area (Å²) in [6, 6.07) is 0.0707. The molecule has 2 heterocycles. The third kappa shape index (κ3) is 2.98. The number of amides is 1. The van der Waals surface area contributed by atoms with Crippen LogP contribution in [0.2, 0.25) is 0 Å². The number of rotatable bonds is 3. The highest BCUT2D eigenvalue weighted by atomic mass is 32.2. The molecule has 0 unspecified atom stereocenters. The minimum Gasteiger partial charge on any atom is -0.481 e. The van der Waals surface area contributed by atoms with Gasteiger partial charge in [-0.25, -0.2) is 8.42 Å². The van der Waals surface area contributed by atoms with E-state index < -0.39 is 33.1 Å². The molecule has 130 valence electrons. The summed E-state index contributed by atoms with van der Waals surface area (Å²) in [6.07, 6.45) is 0.674. The largest absolute Gasteiger partial charge is 0.481 e. The fourth-order valence-corrected chi connectivity index (χ4v) is 5.89. The molecule has 7 nitrogen and oxygen atoms in total. The first kappa shape index (κ1) is 16.7. The average molecular weight is 344 g/mol. The molecule has 3 aliphatic rings. The molecule has 3 atom stereocenters. The molecule has 2 aliphatic heterocycles. The van der Waals surface area contributed by atoms with Crippen molar-refractivity contribution in [1.29, 1.82) is 0 Å². The molecule has 1 N–H and O–H groups in total. The monoisotopic (exact) mass is 344 g/mol. The van der Waals surface area contributed by atoms with E-state index in [2.05, 4.69) is 4.90 Å². The second kappa shape index (κ2) is 5.44. The van der Waals surface area contributed by atoms with Gasteiger partial charge in [-0.1, -0.05) is 13.8 Å². The molecule has 0 aromatic carbocycles. The van der Waals surface area contributed by atoms with Crippen LogP contribution in [0, 0.1) is 17.3 Å². The maximum Gasteiger partial charge on any atom is 0.307 e. The van der Waals surface area contributed by atoms with Crippen LogP contribution in [-0.2, 0) is 19.4 Å². The first-order valence-electron chi connectivity index (χ1n) is 8.09. The maximum absolute atomic E-state index is 12.6. The average Bonchev–Trinajstić information content (AvgIpc) is 2.86. The van der Waals surface area contributed by atoms with Crippen molar-refractivity contribution in [3.63, 3.8) is 0 Å². The topological polar surface area (TPSA) is 95.0 Å². The lowest BCUT2D eigenvalue weighted by Crippen LogP contribution is -2.52. The second-order valence-electron chi connectivity index (χ2n) is 7.53. The van der Waals surface area contributed by atoms with Crippen molar-refractivity contribution >= 4 is 21.7 Å². The van der Waals surface area contributed by atoms with Gasteiger partial charge in [-0.05, 0) is 11.8 Å². The van der Waals surface area contributed by atoms with Crippen LogP contribution >= 0.6 is 0 Å². The number of nitrogens with zero attached hydrogens (tertiary/aromatic N) is 2. The van der Waals surface area contributed by atoms with Gasteiger partial charge < -0.3 is 10.0 Å². The fourth-order valence-electron chi connectivity index (χ4n) is 4.13. The molecule has 3 rings (SSSR count). The van der Waals surface area contributed by atoms with E-state index in [1.807, 2.05) is 13.8 Å². The number of carbonyl (C=O) groups excluding carboxylic acids is 1. The summed E-state index contributed by atoms with van der Waals surface area (Å²) in [5.74, 6) is -1.51. The lowest BCUT2D eigenvalue weighted by atomic mass is 10.1. The van der Waals surface area contributed by atoms with Gasteiger partial charge in [-0.15, -0.1) is 0 Å². The summed E-state index contributed by atoms with van der Waals surface area (Å²) in [5.41, 5.74) is -0.473. The molecular formula is C15H24N2O5S. The van der Waals surface area contributed by atoms with Crippen LogP contribution in [0.3, 0.4) is 0 Å². The SMILES string of the molecule is CC1(C)[C@H](C(=O)N2CCN([C@@H]3CCS(=O)(=O)C3)CC2)[C@@H]1C(=O)O. The van der Waals surface area contributed by atoms with E-state index in [-0.39, 0.29) is 23.5 Å². The van der Waals surface area contributed by atoms with Gasteiger partial charge in [0.05, 0.1) is 23.3 Å². The van der Waals surface area contributed by atoms with Crippen molar-refractivity contribution < 1.29 is 23.1 Å². The Bertz CT molecular complexity index is 622. The molecule has 23 heavy (non-hydrogen) atoms. The van der Waals surface area contributed by atoms with Crippen molar-refractivity contribution in [3.05, 3.63) is 0 Å². The molecule has 0 radical (unpaired) electrons. The summed E-state index contributed by atoms with van der Waals surface area (Å²) < 4.78 is 23.2. The van der Waals surface area contributed by atoms with Crippen LogP contribution in [0.4, 0.5) is 0 Å². The van der Waals surface area contributed by atoms with Gasteiger partial charge in [0.2, 0.25) is 5.91 Å². The number of sulfone groups is 1. The number of hydrogen-bond acceptors (Lipinski definition) is 5. The smallest absolute Gasteiger partial charge is 0.307 e. The summed E-state index contributed by atoms with van der Waals surface area (Å²) >= 11 is 0. The second-order valence-corrected chi connectivity index (χ2v) is 9.76. The molecule has 0 bridgehead atoms. The lowest BCUT2D eigenvalue weighted by Gasteiger charge is -2.38. The van der Waals surface area contributed by atoms with Gasteiger partial charge in [0.1, 0.15) is 0 Å². The summed E-state index contributed by atoms with van der Waals surface area (Å²) in [7, 11) is -2.90. The fraction of sp³-hybridized carbons (Fsp3) is 0.867. The molecule has 0 aromatic rings. The highest BCUT2D eigenvalue weighted by Crippen LogP contribution is 2.59. The van der Waals surface area contributed by atoms with Crippen LogP contribution in [0.15, 0.2) is 0 Å². The summed E-state index contributed by atoms with van der Waals surface area (Å²) in [4.78, 5) is 27.7. The molecule has 1 aliphatic carbocycles. The quantitative estimate of drug-likeness (QED) is 0.754. The molecule has 0 spiro atoms. The highest BCUT2D eigenvalue weighted by Gasteiger charge is 2.66. The number of carbonyl (C=O) groups is 2. The lowest BCUT2D eigenvalue weighted by molar-refractivity contribution is -0.142. The first-order valence-corrected chi connectivity index (χ1v) is 9.92. The highest BCUT2D eigenvalue weighted by molar-refractivity contribution is 7.91. The Morgan fingerprint density at radius 3 is 2.13 bits per heavy atom. The van der Waals surface area contributed by atoms with Gasteiger partial charge in [0.25, 0.3) is 0 Å². The third-order valence-corrected chi connectivity index (χ3v) is 7.46. The van der Waals surface area contributed by atoms with Crippen LogP contribution in [-0.4, -0.2) is 78.9 Å². The molecule has 2 saturated heterocycles. The molecule has 3 fully saturated rings. The zero-order valence-electron chi connectivity index (χ0n) is 13.6. The maximum atomic E-state index is 12.6. The van der Waals surface area contributed by atoms with E-state index in [1.165, 1.54) is 0 Å². The molecule has 1 amide bonds. The van der Waals surface area contributed by atoms with E-state index in [1.54, 1.807) is 4.90 Å². The zero-order chi connectivity index (χ0) is 17.0. The van der Waals surface area contributed by atoms with Gasteiger partial charge in [0, 0.05) is 32.2 Å². The Hall–Kier alpha value is -1.15. The minimum absolute atomic E-state index is 0.0684. The minimum atomic E-state index is -2.90. The van der Waals surface area contributed by atoms with E-state index >= 15 is 0 Å². The normalized spacial score (nSPS) is 35.9. The van der Waals surface area contributed by atoms with Crippen molar-refractivity contribution in [3.8, 4) is 0 Å². The first-order chi connectivity index (χ1) is 10.6. The Morgan fingerprint density at radius 2 is 1.70 bits per heavy atom. The summed E-state index contributed by atoms with van der Waals surface area (Å²) in [5, 5.41) is 9.21. The van der Waals surface area contributed by atoms with Crippen molar-refractivity contribution in [1.82, 2.24) is 9.80 Å². The van der Waals surface area contributed by atoms with Gasteiger partial charge in [0.15, 0.2) is 9.84 Å². The zero-order valence-corrected chi connectivity index (χ0v) is 14.4. The number of hydrogen-bond donors (Lipinski definition) is 1. The Labute approximate surface area is 136 Å². The third-order valence-electron chi connectivity index (χ3n) is 5.71. The van der Waals surface area contributed by atoms with Gasteiger partial charge in [-0.2, -0.15) is 0 Å². The van der Waals surface area contributed by atoms with Crippen molar-refractivity contribution in [2.24, 2.45) is 17.3 Å². The molecule has 8 heteroatoms. The van der Waals surface area contributed by atoms with E-state index in [0.717, 1.165) is 0 Å². The van der Waals surface area contributed by atoms with E-state index in [9.17, 15) is 23.1 Å². The number of carboxylic acid groups (broad SMARTS) is 1. The van der Waals surface area contributed by atoms with Crippen LogP contribution in [0.25, 0.3) is 0 Å². The predicted octanol–water partition coefficient (Wildman–Crippen LogP) is -0.325. The van der Waals surface area contributed by atoms with Crippen LogP contribution in [0.1, 0.15) is 20.3 Å². The number of aliphatic carboxylic acids is 1. The van der Waals surface area contributed by atoms with Crippen LogP contribution < -0.4 is 0 Å². The number of carboxylic acids is 1.